The molecule has 0 aromatic heterocycles. The molecule has 0 rings (SSSR count). The zero-order valence-corrected chi connectivity index (χ0v) is 3.53. The summed E-state index contributed by atoms with van der Waals surface area (Å²) in [5.41, 5.74) is 0. The van der Waals surface area contributed by atoms with Crippen LogP contribution in [0, 0.1) is 0 Å². The first kappa shape index (κ1) is 8.95. The SMILES string of the molecule is C[NH+](O)O.[Cl-]. The van der Waals surface area contributed by atoms with E-state index in [2.05, 4.69) is 0 Å². The van der Waals surface area contributed by atoms with Crippen LogP contribution in [0.15, 0.2) is 0 Å². The van der Waals surface area contributed by atoms with Crippen molar-refractivity contribution in [1.82, 2.24) is 0 Å². The zero-order chi connectivity index (χ0) is 3.58. The number of hydrogen-bond donors (Lipinski definition) is 3. The first-order chi connectivity index (χ1) is 1.73. The summed E-state index contributed by atoms with van der Waals surface area (Å²) in [5, 5.41) is 14.5. The monoisotopic (exact) mass is 99.0 g/mol. The van der Waals surface area contributed by atoms with Crippen LogP contribution >= 0.6 is 0 Å². The van der Waals surface area contributed by atoms with Crippen LogP contribution in [0.4, 0.5) is 0 Å². The average Bonchev–Trinajstić information content (AvgIpc) is 0.811. The van der Waals surface area contributed by atoms with Crippen molar-refractivity contribution >= 4 is 0 Å². The first-order valence-corrected chi connectivity index (χ1v) is 0.947. The van der Waals surface area contributed by atoms with E-state index in [1.807, 2.05) is 0 Å². The van der Waals surface area contributed by atoms with Crippen LogP contribution in [0.5, 0.6) is 0 Å². The van der Waals surface area contributed by atoms with Gasteiger partial charge in [-0.25, -0.2) is 0 Å². The van der Waals surface area contributed by atoms with Crippen molar-refractivity contribution < 1.29 is 28.0 Å². The molecule has 0 fully saturated rings. The molecular formula is CH6ClNO2. The topological polar surface area (TPSA) is 44.9 Å². The molecule has 0 heterocycles. The van der Waals surface area contributed by atoms with Crippen molar-refractivity contribution in [3.05, 3.63) is 0 Å². The van der Waals surface area contributed by atoms with Gasteiger partial charge in [0.05, 0.1) is 0 Å². The third-order valence-electron chi connectivity index (χ3n) is 0. The van der Waals surface area contributed by atoms with Gasteiger partial charge in [-0.1, -0.05) is 5.23 Å². The molecule has 5 heavy (non-hydrogen) atoms. The molecule has 0 spiro atoms. The van der Waals surface area contributed by atoms with Crippen LogP contribution in [0.25, 0.3) is 0 Å². The maximum atomic E-state index is 7.53. The molecule has 3 nitrogen and oxygen atoms in total. The number of nitrogens with one attached hydrogen (secondary N) is 1. The number of halogens is 1. The molecule has 0 saturated heterocycles. The molecular weight excluding hydrogens is 93.5 g/mol. The van der Waals surface area contributed by atoms with Crippen molar-refractivity contribution in [1.29, 1.82) is 0 Å². The van der Waals surface area contributed by atoms with Gasteiger partial charge in [0.1, 0.15) is 7.05 Å². The smallest absolute Gasteiger partial charge is 0.130 e. The highest BCUT2D eigenvalue weighted by Crippen LogP contribution is 0.824. The lowest BCUT2D eigenvalue weighted by molar-refractivity contribution is -1.23. The predicted molar refractivity (Wildman–Crippen MR) is 10.5 cm³/mol. The fourth-order valence-electron chi connectivity index (χ4n) is 0. The van der Waals surface area contributed by atoms with Crippen LogP contribution in [0.2, 0.25) is 0 Å². The van der Waals surface area contributed by atoms with E-state index < -0.39 is 5.23 Å². The predicted octanol–water partition coefficient (Wildman–Crippen LogP) is -4.72. The molecule has 0 saturated carbocycles. The Hall–Kier alpha value is 0.170. The Morgan fingerprint density at radius 1 is 1.40 bits per heavy atom. The Balaban J connectivity index is 0. The molecule has 0 radical (unpaired) electrons. The van der Waals surface area contributed by atoms with Crippen molar-refractivity contribution in [2.45, 2.75) is 0 Å². The van der Waals surface area contributed by atoms with Gasteiger partial charge in [0, 0.05) is 0 Å². The molecule has 0 unspecified atom stereocenters. The fourth-order valence-corrected chi connectivity index (χ4v) is 0. The second kappa shape index (κ2) is 4.17. The lowest BCUT2D eigenvalue weighted by Gasteiger charge is -1.81. The fraction of sp³-hybridized carbons (Fsp3) is 1.00. The van der Waals surface area contributed by atoms with E-state index in [1.165, 1.54) is 7.05 Å². The molecule has 0 aromatic carbocycles. The van der Waals surface area contributed by atoms with E-state index in [0.29, 0.717) is 0 Å². The van der Waals surface area contributed by atoms with Gasteiger partial charge in [0.2, 0.25) is 0 Å². The van der Waals surface area contributed by atoms with Gasteiger partial charge in [-0.3, -0.25) is 0 Å². The second-order valence-corrected chi connectivity index (χ2v) is 0.547. The quantitative estimate of drug-likeness (QED) is 0.267. The van der Waals surface area contributed by atoms with Gasteiger partial charge in [0.25, 0.3) is 0 Å². The van der Waals surface area contributed by atoms with Gasteiger partial charge in [-0.15, -0.1) is 0 Å². The summed E-state index contributed by atoms with van der Waals surface area (Å²) >= 11 is 0. The van der Waals surface area contributed by atoms with Crippen LogP contribution in [0.1, 0.15) is 0 Å². The summed E-state index contributed by atoms with van der Waals surface area (Å²) in [5.74, 6) is 0. The maximum absolute atomic E-state index is 7.53. The van der Waals surface area contributed by atoms with E-state index in [1.54, 1.807) is 0 Å². The molecule has 34 valence electrons. The summed E-state index contributed by atoms with van der Waals surface area (Å²) in [4.78, 5) is 0. The third kappa shape index (κ3) is 679. The maximum Gasteiger partial charge on any atom is 0.130 e. The van der Waals surface area contributed by atoms with Gasteiger partial charge in [-0.05, 0) is 0 Å². The average molecular weight is 99.5 g/mol. The van der Waals surface area contributed by atoms with Crippen LogP contribution < -0.4 is 17.6 Å². The second-order valence-electron chi connectivity index (χ2n) is 0.547. The standard InChI is InChI=1S/CH5NO2.ClH/c1-2(3)4;/h3-4H,1H3;1H. The van der Waals surface area contributed by atoms with E-state index in [4.69, 9.17) is 10.4 Å². The lowest BCUT2D eigenvalue weighted by atomic mass is 11.5. The summed E-state index contributed by atoms with van der Waals surface area (Å²) in [6, 6.07) is 0. The molecule has 0 atom stereocenters. The highest BCUT2D eigenvalue weighted by atomic mass is 35.5. The third-order valence-corrected chi connectivity index (χ3v) is 0. The summed E-state index contributed by atoms with van der Waals surface area (Å²) in [6.07, 6.45) is 0. The molecule has 0 bridgehead atoms. The van der Waals surface area contributed by atoms with E-state index in [-0.39, 0.29) is 12.4 Å². The zero-order valence-electron chi connectivity index (χ0n) is 2.77. The Kier molecular flexibility index (Phi) is 7.46. The van der Waals surface area contributed by atoms with E-state index in [9.17, 15) is 0 Å². The number of hydrogen-bond acceptors (Lipinski definition) is 2. The van der Waals surface area contributed by atoms with Gasteiger partial charge in [0.15, 0.2) is 0 Å². The summed E-state index contributed by atoms with van der Waals surface area (Å²) in [7, 11) is 1.19. The van der Waals surface area contributed by atoms with Crippen LogP contribution in [-0.2, 0) is 0 Å². The van der Waals surface area contributed by atoms with Gasteiger partial charge < -0.3 is 12.4 Å². The Labute approximate surface area is 36.1 Å². The molecule has 0 aliphatic carbocycles. The summed E-state index contributed by atoms with van der Waals surface area (Å²) in [6.45, 7) is 0. The van der Waals surface area contributed by atoms with Crippen molar-refractivity contribution in [3.63, 3.8) is 0 Å². The lowest BCUT2D eigenvalue weighted by Crippen LogP contribution is -3.03. The minimum Gasteiger partial charge on any atom is -1.00 e. The van der Waals surface area contributed by atoms with E-state index >= 15 is 0 Å². The Morgan fingerprint density at radius 2 is 1.40 bits per heavy atom. The van der Waals surface area contributed by atoms with Crippen molar-refractivity contribution in [2.24, 2.45) is 0 Å². The minimum absolute atomic E-state index is 0. The van der Waals surface area contributed by atoms with Crippen LogP contribution in [0.3, 0.4) is 0 Å². The van der Waals surface area contributed by atoms with Crippen LogP contribution in [-0.4, -0.2) is 17.5 Å². The minimum atomic E-state index is -0.583. The summed E-state index contributed by atoms with van der Waals surface area (Å²) < 4.78 is 0. The number of quaternary nitrogens is 1. The largest absolute Gasteiger partial charge is 1.00 e. The van der Waals surface area contributed by atoms with Gasteiger partial charge in [-0.2, -0.15) is 10.4 Å². The number of rotatable bonds is 0. The van der Waals surface area contributed by atoms with Crippen molar-refractivity contribution in [3.8, 4) is 0 Å². The van der Waals surface area contributed by atoms with Crippen molar-refractivity contribution in [2.75, 3.05) is 7.05 Å². The molecule has 0 aliphatic heterocycles. The molecule has 0 amide bonds. The molecule has 0 aromatic rings. The Morgan fingerprint density at radius 3 is 1.40 bits per heavy atom. The van der Waals surface area contributed by atoms with E-state index in [0.717, 1.165) is 0 Å². The first-order valence-electron chi connectivity index (χ1n) is 0.947. The number of hydroxylamine groups is 2. The highest BCUT2D eigenvalue weighted by Gasteiger charge is 1.67. The molecule has 0 aliphatic rings. The normalized spacial score (nSPS) is 7.20. The van der Waals surface area contributed by atoms with Gasteiger partial charge >= 0.3 is 0 Å². The highest BCUT2D eigenvalue weighted by molar-refractivity contribution is 3.18. The molecule has 3 N–H and O–H groups in total. The Bertz CT molecular complexity index is 14.4. The molecule has 4 heteroatoms.